The Morgan fingerprint density at radius 1 is 1.21 bits per heavy atom. The van der Waals surface area contributed by atoms with Crippen LogP contribution in [0.3, 0.4) is 0 Å². The molecule has 162 valence electrons. The summed E-state index contributed by atoms with van der Waals surface area (Å²) in [7, 11) is -4.73. The fraction of sp³-hybridized carbons (Fsp3) is 0.688. The Hall–Kier alpha value is -1.66. The normalized spacial score (nSPS) is 25.0. The van der Waals surface area contributed by atoms with E-state index in [-0.39, 0.29) is 0 Å². The molecule has 12 nitrogen and oxygen atoms in total. The lowest BCUT2D eigenvalue weighted by Gasteiger charge is -2.16. The molecule has 0 saturated carbocycles. The Kier molecular flexibility index (Phi) is 7.17. The molecule has 1 fully saturated rings. The van der Waals surface area contributed by atoms with Crippen molar-refractivity contribution in [3.63, 3.8) is 0 Å². The highest BCUT2D eigenvalue weighted by atomic mass is 31.2. The van der Waals surface area contributed by atoms with Crippen LogP contribution < -0.4 is 5.32 Å². The van der Waals surface area contributed by atoms with Crippen LogP contribution in [0.4, 0.5) is 5.82 Å². The molecule has 5 N–H and O–H groups in total. The third kappa shape index (κ3) is 5.28. The highest BCUT2D eigenvalue weighted by molar-refractivity contribution is 7.46. The van der Waals surface area contributed by atoms with Crippen LogP contribution in [0.1, 0.15) is 38.8 Å². The van der Waals surface area contributed by atoms with E-state index < -0.39 is 39.0 Å². The molecule has 0 aliphatic carbocycles. The van der Waals surface area contributed by atoms with E-state index in [0.717, 1.165) is 25.8 Å². The number of hydrogen-bond donors (Lipinski definition) is 5. The van der Waals surface area contributed by atoms with Crippen molar-refractivity contribution in [2.24, 2.45) is 0 Å². The number of unbranched alkanes of at least 4 members (excludes halogenated alkanes) is 3. The number of aromatic nitrogens is 4. The van der Waals surface area contributed by atoms with Crippen molar-refractivity contribution >= 4 is 24.8 Å². The van der Waals surface area contributed by atoms with Crippen LogP contribution in [0.25, 0.3) is 11.2 Å². The molecule has 1 aliphatic rings. The average molecular weight is 431 g/mol. The number of hydrogen-bond acceptors (Lipinski definition) is 9. The van der Waals surface area contributed by atoms with E-state index in [9.17, 15) is 14.8 Å². The van der Waals surface area contributed by atoms with E-state index >= 15 is 0 Å². The first kappa shape index (κ1) is 22.0. The first-order valence-corrected chi connectivity index (χ1v) is 11.0. The van der Waals surface area contributed by atoms with Crippen LogP contribution in [-0.4, -0.2) is 71.0 Å². The van der Waals surface area contributed by atoms with Crippen molar-refractivity contribution in [2.45, 2.75) is 57.1 Å². The van der Waals surface area contributed by atoms with E-state index in [2.05, 4.69) is 31.7 Å². The summed E-state index contributed by atoms with van der Waals surface area (Å²) in [4.78, 5) is 30.3. The number of aliphatic hydroxyl groups is 2. The molecule has 3 rings (SSSR count). The topological polar surface area (TPSA) is 172 Å². The van der Waals surface area contributed by atoms with Gasteiger partial charge in [-0.3, -0.25) is 9.09 Å². The van der Waals surface area contributed by atoms with Crippen LogP contribution in [-0.2, 0) is 13.8 Å². The fourth-order valence-electron chi connectivity index (χ4n) is 3.19. The maximum atomic E-state index is 10.9. The maximum absolute atomic E-state index is 10.9. The minimum atomic E-state index is -4.73. The lowest BCUT2D eigenvalue weighted by molar-refractivity contribution is -0.0504. The van der Waals surface area contributed by atoms with Crippen LogP contribution in [0, 0.1) is 0 Å². The van der Waals surface area contributed by atoms with Gasteiger partial charge in [-0.15, -0.1) is 0 Å². The highest BCUT2D eigenvalue weighted by Crippen LogP contribution is 2.38. The number of ether oxygens (including phenoxy) is 1. The zero-order valence-corrected chi connectivity index (χ0v) is 16.9. The minimum Gasteiger partial charge on any atom is -0.387 e. The molecule has 0 aromatic carbocycles. The molecule has 2 aromatic rings. The summed E-state index contributed by atoms with van der Waals surface area (Å²) in [5.41, 5.74) is 0.882. The molecule has 2 aromatic heterocycles. The van der Waals surface area contributed by atoms with Gasteiger partial charge in [-0.1, -0.05) is 26.2 Å². The number of nitrogens with zero attached hydrogens (tertiary/aromatic N) is 4. The molecule has 0 radical (unpaired) electrons. The fourth-order valence-corrected chi connectivity index (χ4v) is 3.53. The third-order valence-corrected chi connectivity index (χ3v) is 5.19. The quantitative estimate of drug-likeness (QED) is 0.263. The molecule has 1 saturated heterocycles. The average Bonchev–Trinajstić information content (AvgIpc) is 3.22. The number of anilines is 1. The number of nitrogens with one attached hydrogen (secondary N) is 1. The number of imidazole rings is 1. The lowest BCUT2D eigenvalue weighted by Crippen LogP contribution is -2.33. The number of fused-ring (bicyclic) bond motifs is 1. The van der Waals surface area contributed by atoms with Crippen LogP contribution in [0.2, 0.25) is 0 Å². The summed E-state index contributed by atoms with van der Waals surface area (Å²) in [6.07, 6.45) is 2.27. The molecule has 29 heavy (non-hydrogen) atoms. The van der Waals surface area contributed by atoms with Crippen molar-refractivity contribution in [2.75, 3.05) is 18.5 Å². The standard InChI is InChI=1S/C16H26N5O7P/c1-2-3-4-5-6-17-14-11-15(19-8-18-14)21(9-20-11)16-13(23)12(22)10(28-16)7-27-29(24,25)26/h8-10,12-13,16,22-23H,2-7H2,1H3,(H,17,18,19)(H2,24,25,26)/t10-,12-,13-,16-/m1/s1. The molecule has 0 spiro atoms. The van der Waals surface area contributed by atoms with Crippen molar-refractivity contribution in [1.82, 2.24) is 19.5 Å². The van der Waals surface area contributed by atoms with Gasteiger partial charge in [0.15, 0.2) is 23.2 Å². The summed E-state index contributed by atoms with van der Waals surface area (Å²) in [6.45, 7) is 2.31. The Morgan fingerprint density at radius 2 is 2.00 bits per heavy atom. The van der Waals surface area contributed by atoms with E-state index in [4.69, 9.17) is 14.5 Å². The predicted octanol–water partition coefficient (Wildman–Crippen LogP) is 0.547. The molecule has 0 bridgehead atoms. The van der Waals surface area contributed by atoms with Gasteiger partial charge in [-0.2, -0.15) is 0 Å². The SMILES string of the molecule is CCCCCCNc1ncnc2c1ncn2[C@@H]1O[C@H](COP(=O)(O)O)[C@@H](O)[C@H]1O. The summed E-state index contributed by atoms with van der Waals surface area (Å²) >= 11 is 0. The molecule has 0 amide bonds. The van der Waals surface area contributed by atoms with Gasteiger partial charge in [0.2, 0.25) is 0 Å². The second-order valence-electron chi connectivity index (χ2n) is 6.87. The summed E-state index contributed by atoms with van der Waals surface area (Å²) in [5.74, 6) is 0.555. The van der Waals surface area contributed by atoms with E-state index in [1.54, 1.807) is 0 Å². The highest BCUT2D eigenvalue weighted by Gasteiger charge is 2.45. The molecule has 1 aliphatic heterocycles. The maximum Gasteiger partial charge on any atom is 0.469 e. The van der Waals surface area contributed by atoms with Gasteiger partial charge in [-0.25, -0.2) is 19.5 Å². The molecule has 4 atom stereocenters. The molecular formula is C16H26N5O7P. The lowest BCUT2D eigenvalue weighted by atomic mass is 10.1. The van der Waals surface area contributed by atoms with E-state index in [0.29, 0.717) is 17.0 Å². The first-order valence-electron chi connectivity index (χ1n) is 9.45. The minimum absolute atomic E-state index is 0.392. The Morgan fingerprint density at radius 3 is 2.72 bits per heavy atom. The Labute approximate surface area is 167 Å². The summed E-state index contributed by atoms with van der Waals surface area (Å²) in [5, 5.41) is 23.7. The van der Waals surface area contributed by atoms with Gasteiger partial charge in [-0.05, 0) is 6.42 Å². The van der Waals surface area contributed by atoms with Gasteiger partial charge in [0.25, 0.3) is 0 Å². The van der Waals surface area contributed by atoms with Crippen LogP contribution >= 0.6 is 7.82 Å². The largest absolute Gasteiger partial charge is 0.469 e. The van der Waals surface area contributed by atoms with Crippen LogP contribution in [0.5, 0.6) is 0 Å². The zero-order chi connectivity index (χ0) is 21.0. The molecular weight excluding hydrogens is 405 g/mol. The van der Waals surface area contributed by atoms with E-state index in [1.165, 1.54) is 23.6 Å². The van der Waals surface area contributed by atoms with Gasteiger partial charge in [0.05, 0.1) is 12.9 Å². The first-order chi connectivity index (χ1) is 13.8. The van der Waals surface area contributed by atoms with E-state index in [1.807, 2.05) is 0 Å². The molecule has 0 unspecified atom stereocenters. The van der Waals surface area contributed by atoms with Crippen molar-refractivity contribution in [3.05, 3.63) is 12.7 Å². The van der Waals surface area contributed by atoms with Gasteiger partial charge >= 0.3 is 7.82 Å². The monoisotopic (exact) mass is 431 g/mol. The second kappa shape index (κ2) is 9.43. The number of aliphatic hydroxyl groups excluding tert-OH is 2. The Balaban J connectivity index is 1.73. The smallest absolute Gasteiger partial charge is 0.387 e. The van der Waals surface area contributed by atoms with Crippen LogP contribution in [0.15, 0.2) is 12.7 Å². The Bertz CT molecular complexity index is 859. The second-order valence-corrected chi connectivity index (χ2v) is 8.11. The zero-order valence-electron chi connectivity index (χ0n) is 16.0. The van der Waals surface area contributed by atoms with Crippen molar-refractivity contribution < 1.29 is 33.8 Å². The van der Waals surface area contributed by atoms with Crippen molar-refractivity contribution in [1.29, 1.82) is 0 Å². The van der Waals surface area contributed by atoms with Gasteiger partial charge < -0.3 is 30.1 Å². The van der Waals surface area contributed by atoms with Gasteiger partial charge in [0, 0.05) is 6.54 Å². The number of phosphoric acid groups is 1. The number of rotatable bonds is 10. The summed E-state index contributed by atoms with van der Waals surface area (Å²) < 4.78 is 22.3. The van der Waals surface area contributed by atoms with Crippen molar-refractivity contribution in [3.8, 4) is 0 Å². The van der Waals surface area contributed by atoms with Gasteiger partial charge in [0.1, 0.15) is 24.6 Å². The predicted molar refractivity (Wildman–Crippen MR) is 102 cm³/mol. The summed E-state index contributed by atoms with van der Waals surface area (Å²) in [6, 6.07) is 0. The number of phosphoric ester groups is 1. The molecule has 13 heteroatoms. The molecule has 3 heterocycles. The third-order valence-electron chi connectivity index (χ3n) is 4.70.